The molecule has 1 aliphatic heterocycles. The van der Waals surface area contributed by atoms with Crippen LogP contribution >= 0.6 is 0 Å². The summed E-state index contributed by atoms with van der Waals surface area (Å²) in [5.74, 6) is -0.273. The molecule has 0 saturated carbocycles. The number of nitrogens with zero attached hydrogens (tertiary/aromatic N) is 4. The van der Waals surface area contributed by atoms with Crippen LogP contribution < -0.4 is 0 Å². The maximum absolute atomic E-state index is 12.9. The first-order chi connectivity index (χ1) is 13.6. The summed E-state index contributed by atoms with van der Waals surface area (Å²) in [6, 6.07) is 3.66. The summed E-state index contributed by atoms with van der Waals surface area (Å²) in [6.45, 7) is 0.304. The van der Waals surface area contributed by atoms with Gasteiger partial charge in [-0.05, 0) is 24.3 Å². The van der Waals surface area contributed by atoms with Crippen molar-refractivity contribution < 1.29 is 26.4 Å². The van der Waals surface area contributed by atoms with E-state index in [9.17, 15) is 26.4 Å². The molecule has 1 amide bonds. The van der Waals surface area contributed by atoms with Crippen LogP contribution in [0.4, 0.5) is 13.2 Å². The number of halogens is 3. The number of sulfonamides is 1. The zero-order valence-corrected chi connectivity index (χ0v) is 16.3. The summed E-state index contributed by atoms with van der Waals surface area (Å²) in [5, 5.41) is 3.99. The fourth-order valence-electron chi connectivity index (χ4n) is 2.93. The van der Waals surface area contributed by atoms with Crippen molar-refractivity contribution in [2.24, 2.45) is 7.05 Å². The number of benzene rings is 1. The number of hydrogen-bond acceptors (Lipinski definition) is 4. The third-order valence-electron chi connectivity index (χ3n) is 4.49. The van der Waals surface area contributed by atoms with Gasteiger partial charge >= 0.3 is 6.18 Å². The van der Waals surface area contributed by atoms with E-state index in [1.165, 1.54) is 11.0 Å². The molecule has 0 radical (unpaired) electrons. The third kappa shape index (κ3) is 4.85. The number of amides is 1. The monoisotopic (exact) mass is 428 g/mol. The van der Waals surface area contributed by atoms with Crippen LogP contribution in [-0.4, -0.2) is 59.5 Å². The smallest absolute Gasteiger partial charge is 0.337 e. The van der Waals surface area contributed by atoms with Crippen LogP contribution in [0.25, 0.3) is 6.08 Å². The summed E-state index contributed by atoms with van der Waals surface area (Å²) >= 11 is 0. The first-order valence-corrected chi connectivity index (χ1v) is 10.1. The number of aromatic nitrogens is 2. The average Bonchev–Trinajstić information content (AvgIpc) is 3.11. The molecule has 0 spiro atoms. The number of aryl methyl sites for hydroxylation is 1. The van der Waals surface area contributed by atoms with E-state index in [0.29, 0.717) is 6.07 Å². The molecule has 11 heteroatoms. The zero-order valence-electron chi connectivity index (χ0n) is 15.5. The predicted molar refractivity (Wildman–Crippen MR) is 99.0 cm³/mol. The van der Waals surface area contributed by atoms with Crippen LogP contribution in [0.2, 0.25) is 0 Å². The highest BCUT2D eigenvalue weighted by molar-refractivity contribution is 7.89. The van der Waals surface area contributed by atoms with Crippen LogP contribution in [0.1, 0.15) is 11.1 Å². The minimum Gasteiger partial charge on any atom is -0.337 e. The molecule has 2 aromatic rings. The molecule has 7 nitrogen and oxygen atoms in total. The van der Waals surface area contributed by atoms with Gasteiger partial charge in [-0.2, -0.15) is 22.6 Å². The average molecular weight is 428 g/mol. The number of carbonyl (C=O) groups is 1. The molecule has 2 heterocycles. The summed E-state index contributed by atoms with van der Waals surface area (Å²) < 4.78 is 66.7. The number of hydrogen-bond donors (Lipinski definition) is 0. The van der Waals surface area contributed by atoms with Crippen molar-refractivity contribution in [2.75, 3.05) is 26.2 Å². The van der Waals surface area contributed by atoms with Gasteiger partial charge in [-0.1, -0.05) is 6.07 Å². The summed E-state index contributed by atoms with van der Waals surface area (Å²) in [5.41, 5.74) is -0.264. The van der Waals surface area contributed by atoms with Crippen LogP contribution in [-0.2, 0) is 28.0 Å². The van der Waals surface area contributed by atoms with Gasteiger partial charge < -0.3 is 4.90 Å². The standard InChI is InChI=1S/C18H19F3N4O3S/c1-23-13-14(12-22-23)5-6-17(26)24-7-9-25(10-8-24)29(27,28)16-4-2-3-15(11-16)18(19,20)21/h2-6,11-13H,7-10H2,1H3/b6-5+. The van der Waals surface area contributed by atoms with Crippen molar-refractivity contribution in [3.05, 3.63) is 53.9 Å². The van der Waals surface area contributed by atoms with E-state index in [4.69, 9.17) is 0 Å². The van der Waals surface area contributed by atoms with Crippen LogP contribution in [0.5, 0.6) is 0 Å². The molecule has 1 fully saturated rings. The van der Waals surface area contributed by atoms with Crippen molar-refractivity contribution in [1.82, 2.24) is 19.0 Å². The zero-order chi connectivity index (χ0) is 21.2. The van der Waals surface area contributed by atoms with Gasteiger partial charge in [0.05, 0.1) is 16.7 Å². The molecule has 1 aliphatic rings. The van der Waals surface area contributed by atoms with Crippen molar-refractivity contribution in [3.8, 4) is 0 Å². The lowest BCUT2D eigenvalue weighted by Gasteiger charge is -2.33. The quantitative estimate of drug-likeness (QED) is 0.698. The van der Waals surface area contributed by atoms with E-state index in [1.54, 1.807) is 30.2 Å². The molecule has 0 bridgehead atoms. The second-order valence-corrected chi connectivity index (χ2v) is 8.47. The van der Waals surface area contributed by atoms with E-state index >= 15 is 0 Å². The van der Waals surface area contributed by atoms with E-state index in [1.807, 2.05) is 0 Å². The molecule has 0 atom stereocenters. The van der Waals surface area contributed by atoms with E-state index in [0.717, 1.165) is 28.1 Å². The summed E-state index contributed by atoms with van der Waals surface area (Å²) in [4.78, 5) is 13.4. The molecule has 3 rings (SSSR count). The number of alkyl halides is 3. The fraction of sp³-hybridized carbons (Fsp3) is 0.333. The topological polar surface area (TPSA) is 75.5 Å². The lowest BCUT2D eigenvalue weighted by Crippen LogP contribution is -2.50. The predicted octanol–water partition coefficient (Wildman–Crippen LogP) is 1.99. The van der Waals surface area contributed by atoms with E-state index in [-0.39, 0.29) is 32.1 Å². The molecular weight excluding hydrogens is 409 g/mol. The molecule has 1 aromatic carbocycles. The number of carbonyl (C=O) groups excluding carboxylic acids is 1. The Hall–Kier alpha value is -2.66. The van der Waals surface area contributed by atoms with Crippen LogP contribution in [0.3, 0.4) is 0 Å². The maximum Gasteiger partial charge on any atom is 0.416 e. The second-order valence-electron chi connectivity index (χ2n) is 6.54. The van der Waals surface area contributed by atoms with Gasteiger partial charge in [0.1, 0.15) is 0 Å². The molecule has 0 N–H and O–H groups in total. The van der Waals surface area contributed by atoms with Gasteiger partial charge in [0.25, 0.3) is 0 Å². The van der Waals surface area contributed by atoms with Crippen LogP contribution in [0, 0.1) is 0 Å². The number of piperazine rings is 1. The molecule has 0 unspecified atom stereocenters. The Labute approximate surface area is 166 Å². The maximum atomic E-state index is 12.9. The molecule has 1 saturated heterocycles. The lowest BCUT2D eigenvalue weighted by atomic mass is 10.2. The SMILES string of the molecule is Cn1cc(/C=C/C(=O)N2CCN(S(=O)(=O)c3cccc(C(F)(F)F)c3)CC2)cn1. The highest BCUT2D eigenvalue weighted by atomic mass is 32.2. The Bertz CT molecular complexity index is 1020. The first kappa shape index (κ1) is 21.1. The molecule has 29 heavy (non-hydrogen) atoms. The van der Waals surface area contributed by atoms with Gasteiger partial charge in [0.15, 0.2) is 0 Å². The van der Waals surface area contributed by atoms with Crippen molar-refractivity contribution >= 4 is 22.0 Å². The first-order valence-electron chi connectivity index (χ1n) is 8.70. The minimum absolute atomic E-state index is 0.00501. The Morgan fingerprint density at radius 3 is 2.45 bits per heavy atom. The van der Waals surface area contributed by atoms with E-state index < -0.39 is 26.7 Å². The third-order valence-corrected chi connectivity index (χ3v) is 6.39. The highest BCUT2D eigenvalue weighted by Crippen LogP contribution is 2.31. The van der Waals surface area contributed by atoms with Gasteiger partial charge in [0.2, 0.25) is 15.9 Å². The Morgan fingerprint density at radius 1 is 1.17 bits per heavy atom. The van der Waals surface area contributed by atoms with Crippen molar-refractivity contribution in [3.63, 3.8) is 0 Å². The van der Waals surface area contributed by atoms with Crippen molar-refractivity contribution in [2.45, 2.75) is 11.1 Å². The minimum atomic E-state index is -4.63. The number of rotatable bonds is 4. The molecule has 156 valence electrons. The van der Waals surface area contributed by atoms with Gasteiger partial charge in [0, 0.05) is 51.1 Å². The fourth-order valence-corrected chi connectivity index (χ4v) is 4.40. The molecule has 0 aliphatic carbocycles. The van der Waals surface area contributed by atoms with Crippen molar-refractivity contribution in [1.29, 1.82) is 0 Å². The molecular formula is C18H19F3N4O3S. The van der Waals surface area contributed by atoms with Gasteiger partial charge in [-0.25, -0.2) is 8.42 Å². The van der Waals surface area contributed by atoms with Gasteiger partial charge in [-0.3, -0.25) is 9.48 Å². The Morgan fingerprint density at radius 2 is 1.86 bits per heavy atom. The summed E-state index contributed by atoms with van der Waals surface area (Å²) in [7, 11) is -2.33. The molecule has 1 aromatic heterocycles. The largest absolute Gasteiger partial charge is 0.416 e. The normalized spacial score (nSPS) is 16.5. The van der Waals surface area contributed by atoms with Gasteiger partial charge in [-0.15, -0.1) is 0 Å². The summed E-state index contributed by atoms with van der Waals surface area (Å²) in [6.07, 6.45) is 1.71. The second kappa shape index (κ2) is 7.99. The Balaban J connectivity index is 1.65. The van der Waals surface area contributed by atoms with Crippen LogP contribution in [0.15, 0.2) is 47.6 Å². The Kier molecular flexibility index (Phi) is 5.80. The van der Waals surface area contributed by atoms with E-state index in [2.05, 4.69) is 5.10 Å². The lowest BCUT2D eigenvalue weighted by molar-refractivity contribution is -0.137. The highest BCUT2D eigenvalue weighted by Gasteiger charge is 2.34.